The van der Waals surface area contributed by atoms with Crippen molar-refractivity contribution in [1.29, 1.82) is 0 Å². The number of methoxy groups -OCH3 is 4. The lowest BCUT2D eigenvalue weighted by atomic mass is 9.83. The quantitative estimate of drug-likeness (QED) is 0.397. The van der Waals surface area contributed by atoms with E-state index in [0.29, 0.717) is 40.8 Å². The van der Waals surface area contributed by atoms with Crippen molar-refractivity contribution in [2.45, 2.75) is 18.9 Å². The minimum absolute atomic E-state index is 0.104. The van der Waals surface area contributed by atoms with Gasteiger partial charge in [-0.15, -0.1) is 0 Å². The molecule has 1 fully saturated rings. The topological polar surface area (TPSA) is 86.3 Å². The highest BCUT2D eigenvalue weighted by Gasteiger charge is 2.42. The Morgan fingerprint density at radius 3 is 2.16 bits per heavy atom. The number of carbonyl (C=O) groups is 2. The summed E-state index contributed by atoms with van der Waals surface area (Å²) < 4.78 is 35.4. The molecule has 0 aliphatic carbocycles. The van der Waals surface area contributed by atoms with Crippen LogP contribution in [0.4, 0.5) is 15.8 Å². The lowest BCUT2D eigenvalue weighted by Gasteiger charge is -2.41. The van der Waals surface area contributed by atoms with Crippen molar-refractivity contribution in [3.05, 3.63) is 71.0 Å². The summed E-state index contributed by atoms with van der Waals surface area (Å²) in [5, 5.41) is 2.73. The largest absolute Gasteiger partial charge is 0.497 e. The van der Waals surface area contributed by atoms with Crippen LogP contribution in [0.25, 0.3) is 0 Å². The number of hydrogen-bond donors (Lipinski definition) is 1. The Bertz CT molecular complexity index is 1310. The van der Waals surface area contributed by atoms with Crippen LogP contribution < -0.4 is 29.2 Å². The van der Waals surface area contributed by atoms with E-state index in [9.17, 15) is 14.0 Å². The molecule has 8 nitrogen and oxygen atoms in total. The first-order valence-electron chi connectivity index (χ1n) is 11.8. The van der Waals surface area contributed by atoms with Crippen LogP contribution in [0, 0.1) is 11.7 Å². The highest BCUT2D eigenvalue weighted by Crippen LogP contribution is 2.46. The van der Waals surface area contributed by atoms with Crippen LogP contribution in [-0.2, 0) is 9.59 Å². The Morgan fingerprint density at radius 2 is 1.61 bits per heavy atom. The smallest absolute Gasteiger partial charge is 0.229 e. The van der Waals surface area contributed by atoms with E-state index in [1.807, 2.05) is 12.1 Å². The highest BCUT2D eigenvalue weighted by atomic mass is 35.5. The second-order valence-corrected chi connectivity index (χ2v) is 9.04. The van der Waals surface area contributed by atoms with Gasteiger partial charge in [-0.05, 0) is 42.3 Å². The third-order valence-corrected chi connectivity index (χ3v) is 6.80. The lowest BCUT2D eigenvalue weighted by Crippen LogP contribution is -2.47. The van der Waals surface area contributed by atoms with Crippen LogP contribution in [0.1, 0.15) is 24.4 Å². The molecular weight excluding hydrogens is 515 g/mol. The van der Waals surface area contributed by atoms with Crippen molar-refractivity contribution in [2.75, 3.05) is 38.7 Å². The monoisotopic (exact) mass is 542 g/mol. The minimum Gasteiger partial charge on any atom is -0.497 e. The number of halogens is 2. The summed E-state index contributed by atoms with van der Waals surface area (Å²) in [4.78, 5) is 28.7. The number of nitrogens with one attached hydrogen (secondary N) is 1. The molecule has 0 spiro atoms. The lowest BCUT2D eigenvalue weighted by molar-refractivity contribution is -0.125. The summed E-state index contributed by atoms with van der Waals surface area (Å²) in [6.07, 6.45) is 0.433. The molecule has 0 bridgehead atoms. The fourth-order valence-electron chi connectivity index (χ4n) is 4.67. The first kappa shape index (κ1) is 27.1. The maximum Gasteiger partial charge on any atom is 0.229 e. The number of amides is 2. The fraction of sp³-hybridized carbons (Fsp3) is 0.286. The molecule has 1 aliphatic heterocycles. The summed E-state index contributed by atoms with van der Waals surface area (Å²) in [6, 6.07) is 13.8. The van der Waals surface area contributed by atoms with Crippen molar-refractivity contribution >= 4 is 34.8 Å². The van der Waals surface area contributed by atoms with Gasteiger partial charge in [0, 0.05) is 24.2 Å². The standard InChI is InChI=1S/C28H28ClFN2O6/c1-35-19-8-5-16(6-9-19)26-20(28(34)31-17-7-11-22(30)21(29)13-17)10-12-25(33)32(26)18-14-23(36-2)27(38-4)24(15-18)37-3/h5-9,11,13-15,20,26H,10,12H2,1-4H3,(H,31,34)/t20-,26+/m0/s1. The molecule has 0 aromatic heterocycles. The molecule has 0 saturated carbocycles. The second kappa shape index (κ2) is 11.6. The number of piperidine rings is 1. The number of anilines is 2. The predicted molar refractivity (Wildman–Crippen MR) is 142 cm³/mol. The summed E-state index contributed by atoms with van der Waals surface area (Å²) in [5.41, 5.74) is 1.56. The van der Waals surface area contributed by atoms with E-state index >= 15 is 0 Å². The van der Waals surface area contributed by atoms with Gasteiger partial charge in [-0.1, -0.05) is 23.7 Å². The Morgan fingerprint density at radius 1 is 0.947 bits per heavy atom. The molecule has 3 aromatic carbocycles. The van der Waals surface area contributed by atoms with Crippen LogP contribution >= 0.6 is 11.6 Å². The van der Waals surface area contributed by atoms with Crippen LogP contribution in [0.3, 0.4) is 0 Å². The Hall–Kier alpha value is -3.98. The van der Waals surface area contributed by atoms with Crippen LogP contribution in [0.5, 0.6) is 23.0 Å². The summed E-state index contributed by atoms with van der Waals surface area (Å²) >= 11 is 5.92. The van der Waals surface area contributed by atoms with Gasteiger partial charge in [0.05, 0.1) is 51.1 Å². The number of rotatable bonds is 8. The molecular formula is C28H28ClFN2O6. The van der Waals surface area contributed by atoms with E-state index < -0.39 is 17.8 Å². The number of benzene rings is 3. The van der Waals surface area contributed by atoms with Gasteiger partial charge in [-0.2, -0.15) is 0 Å². The van der Waals surface area contributed by atoms with Gasteiger partial charge >= 0.3 is 0 Å². The predicted octanol–water partition coefficient (Wildman–Crippen LogP) is 5.64. The first-order chi connectivity index (χ1) is 18.3. The molecule has 1 saturated heterocycles. The van der Waals surface area contributed by atoms with Crippen LogP contribution in [0.15, 0.2) is 54.6 Å². The first-order valence-corrected chi connectivity index (χ1v) is 12.2. The molecule has 1 heterocycles. The van der Waals surface area contributed by atoms with E-state index in [1.165, 1.54) is 39.5 Å². The van der Waals surface area contributed by atoms with Crippen molar-refractivity contribution in [3.8, 4) is 23.0 Å². The number of ether oxygens (including phenoxy) is 4. The van der Waals surface area contributed by atoms with E-state index in [0.717, 1.165) is 5.56 Å². The molecule has 1 N–H and O–H groups in total. The van der Waals surface area contributed by atoms with E-state index in [1.54, 1.807) is 36.3 Å². The molecule has 10 heteroatoms. The zero-order chi connectivity index (χ0) is 27.4. The van der Waals surface area contributed by atoms with Gasteiger partial charge in [0.2, 0.25) is 17.6 Å². The Kier molecular flexibility index (Phi) is 8.26. The summed E-state index contributed by atoms with van der Waals surface area (Å²) in [5.74, 6) is 0.0178. The third-order valence-electron chi connectivity index (χ3n) is 6.51. The minimum atomic E-state index is -0.680. The Labute approximate surface area is 225 Å². The second-order valence-electron chi connectivity index (χ2n) is 8.63. The number of hydrogen-bond acceptors (Lipinski definition) is 6. The van der Waals surface area contributed by atoms with Crippen molar-refractivity contribution in [3.63, 3.8) is 0 Å². The van der Waals surface area contributed by atoms with Gasteiger partial charge in [-0.25, -0.2) is 4.39 Å². The van der Waals surface area contributed by atoms with E-state index in [-0.39, 0.29) is 23.3 Å². The summed E-state index contributed by atoms with van der Waals surface area (Å²) in [7, 11) is 6.04. The average Bonchev–Trinajstić information content (AvgIpc) is 2.93. The molecule has 2 atom stereocenters. The third kappa shape index (κ3) is 5.33. The molecule has 2 amide bonds. The van der Waals surface area contributed by atoms with Crippen LogP contribution in [0.2, 0.25) is 5.02 Å². The molecule has 1 aliphatic rings. The van der Waals surface area contributed by atoms with Crippen molar-refractivity contribution in [1.82, 2.24) is 0 Å². The van der Waals surface area contributed by atoms with Crippen LogP contribution in [-0.4, -0.2) is 40.3 Å². The van der Waals surface area contributed by atoms with Gasteiger partial charge in [0.15, 0.2) is 11.5 Å². The zero-order valence-corrected chi connectivity index (χ0v) is 22.2. The number of carbonyl (C=O) groups excluding carboxylic acids is 2. The molecule has 200 valence electrons. The van der Waals surface area contributed by atoms with Crippen molar-refractivity contribution in [2.24, 2.45) is 5.92 Å². The highest BCUT2D eigenvalue weighted by molar-refractivity contribution is 6.31. The molecule has 0 radical (unpaired) electrons. The zero-order valence-electron chi connectivity index (χ0n) is 21.4. The SMILES string of the molecule is COc1ccc([C@@H]2[C@@H](C(=O)Nc3ccc(F)c(Cl)c3)CCC(=O)N2c2cc(OC)c(OC)c(OC)c2)cc1. The average molecular weight is 543 g/mol. The van der Waals surface area contributed by atoms with Gasteiger partial charge in [0.25, 0.3) is 0 Å². The maximum absolute atomic E-state index is 13.7. The van der Waals surface area contributed by atoms with Gasteiger partial charge in [0.1, 0.15) is 11.6 Å². The van der Waals surface area contributed by atoms with Gasteiger partial charge in [-0.3, -0.25) is 9.59 Å². The maximum atomic E-state index is 13.7. The fourth-order valence-corrected chi connectivity index (χ4v) is 4.85. The summed E-state index contributed by atoms with van der Waals surface area (Å²) in [6.45, 7) is 0. The Balaban J connectivity index is 1.81. The van der Waals surface area contributed by atoms with E-state index in [4.69, 9.17) is 30.5 Å². The van der Waals surface area contributed by atoms with E-state index in [2.05, 4.69) is 5.32 Å². The molecule has 3 aromatic rings. The molecule has 0 unspecified atom stereocenters. The van der Waals surface area contributed by atoms with Crippen molar-refractivity contribution < 1.29 is 32.9 Å². The molecule has 4 rings (SSSR count). The van der Waals surface area contributed by atoms with Gasteiger partial charge < -0.3 is 29.2 Å². The molecule has 38 heavy (non-hydrogen) atoms. The normalized spacial score (nSPS) is 17.1. The number of nitrogens with zero attached hydrogens (tertiary/aromatic N) is 1.